The quantitative estimate of drug-likeness (QED) is 0.491. The van der Waals surface area contributed by atoms with Crippen LogP contribution in [0.3, 0.4) is 0 Å². The summed E-state index contributed by atoms with van der Waals surface area (Å²) >= 11 is 0. The lowest BCUT2D eigenvalue weighted by atomic mass is 9.59. The van der Waals surface area contributed by atoms with E-state index in [9.17, 15) is 9.18 Å². The summed E-state index contributed by atoms with van der Waals surface area (Å²) in [5.74, 6) is -0.349. The van der Waals surface area contributed by atoms with Gasteiger partial charge in [0.1, 0.15) is 5.82 Å². The van der Waals surface area contributed by atoms with Gasteiger partial charge in [0, 0.05) is 50.9 Å². The second-order valence-corrected chi connectivity index (χ2v) is 11.5. The normalized spacial score (nSPS) is 19.3. The van der Waals surface area contributed by atoms with Gasteiger partial charge in [-0.2, -0.15) is 0 Å². The minimum Gasteiger partial charge on any atom is -0.368 e. The van der Waals surface area contributed by atoms with Crippen molar-refractivity contribution >= 4 is 17.2 Å². The third-order valence-corrected chi connectivity index (χ3v) is 8.39. The lowest BCUT2D eigenvalue weighted by molar-refractivity contribution is -0.0106. The number of piperazine rings is 1. The summed E-state index contributed by atoms with van der Waals surface area (Å²) in [6, 6.07) is 17.1. The van der Waals surface area contributed by atoms with Crippen LogP contribution in [0.25, 0.3) is 5.57 Å². The Labute approximate surface area is 229 Å². The standard InChI is InChI=1S/C32H36FN5O/c1-22(36-31(39)26-15-29(19-35-18-26)38-13-11-34-12-14-38)23-3-5-24(6-4-23)30(25-7-9-28(33)10-8-25)27-16-32(17-27)20-37(2)21-32/h3-10,15,18-19,22,34H,11-14,16-17,20-21H2,1-2H3,(H,36,39)/t22-/m1/s1. The van der Waals surface area contributed by atoms with Gasteiger partial charge in [-0.15, -0.1) is 0 Å². The number of amides is 1. The van der Waals surface area contributed by atoms with Crippen LogP contribution in [0.1, 0.15) is 52.9 Å². The average Bonchev–Trinajstić information content (AvgIpc) is 2.93. The predicted molar refractivity (Wildman–Crippen MR) is 153 cm³/mol. The molecule has 3 fully saturated rings. The fourth-order valence-corrected chi connectivity index (χ4v) is 6.49. The van der Waals surface area contributed by atoms with Crippen LogP contribution in [0, 0.1) is 11.2 Å². The van der Waals surface area contributed by atoms with Gasteiger partial charge in [0.25, 0.3) is 5.91 Å². The Hall–Kier alpha value is -3.55. The Morgan fingerprint density at radius 2 is 1.62 bits per heavy atom. The van der Waals surface area contributed by atoms with Crippen molar-refractivity contribution in [1.82, 2.24) is 20.5 Å². The Bertz CT molecular complexity index is 1360. The molecular weight excluding hydrogens is 489 g/mol. The van der Waals surface area contributed by atoms with Gasteiger partial charge in [0.2, 0.25) is 0 Å². The van der Waals surface area contributed by atoms with E-state index >= 15 is 0 Å². The number of nitrogens with one attached hydrogen (secondary N) is 2. The third-order valence-electron chi connectivity index (χ3n) is 8.39. The molecule has 1 spiro atoms. The summed E-state index contributed by atoms with van der Waals surface area (Å²) in [4.78, 5) is 22.0. The summed E-state index contributed by atoms with van der Waals surface area (Å²) in [5.41, 5.74) is 7.86. The predicted octanol–water partition coefficient (Wildman–Crippen LogP) is 4.65. The van der Waals surface area contributed by atoms with Crippen LogP contribution < -0.4 is 15.5 Å². The molecule has 3 heterocycles. The summed E-state index contributed by atoms with van der Waals surface area (Å²) < 4.78 is 13.7. The summed E-state index contributed by atoms with van der Waals surface area (Å²) in [6.45, 7) is 7.98. The van der Waals surface area contributed by atoms with Gasteiger partial charge in [-0.1, -0.05) is 42.0 Å². The van der Waals surface area contributed by atoms with Gasteiger partial charge in [-0.05, 0) is 67.3 Å². The highest BCUT2D eigenvalue weighted by Crippen LogP contribution is 2.54. The maximum Gasteiger partial charge on any atom is 0.253 e. The Kier molecular flexibility index (Phi) is 6.95. The fourth-order valence-electron chi connectivity index (χ4n) is 6.49. The second kappa shape index (κ2) is 10.5. The molecule has 0 bridgehead atoms. The molecule has 1 saturated carbocycles. The summed E-state index contributed by atoms with van der Waals surface area (Å²) in [5, 5.41) is 6.49. The highest BCUT2D eigenvalue weighted by atomic mass is 19.1. The number of rotatable bonds is 6. The molecule has 2 saturated heterocycles. The highest BCUT2D eigenvalue weighted by Gasteiger charge is 2.49. The first-order valence-electron chi connectivity index (χ1n) is 13.9. The topological polar surface area (TPSA) is 60.5 Å². The van der Waals surface area contributed by atoms with Gasteiger partial charge in [-0.3, -0.25) is 9.78 Å². The van der Waals surface area contributed by atoms with Crippen molar-refractivity contribution in [3.8, 4) is 0 Å². The fraction of sp³-hybridized carbons (Fsp3) is 0.375. The molecular formula is C32H36FN5O. The minimum atomic E-state index is -0.220. The van der Waals surface area contributed by atoms with Crippen molar-refractivity contribution in [2.75, 3.05) is 51.2 Å². The number of halogens is 1. The summed E-state index contributed by atoms with van der Waals surface area (Å²) in [6.07, 6.45) is 5.65. The molecule has 2 aliphatic heterocycles. The molecule has 1 aliphatic carbocycles. The maximum atomic E-state index is 13.7. The number of nitrogens with zero attached hydrogens (tertiary/aromatic N) is 3. The van der Waals surface area contributed by atoms with Crippen LogP contribution in [0.2, 0.25) is 0 Å². The molecule has 7 heteroatoms. The molecule has 0 unspecified atom stereocenters. The van der Waals surface area contributed by atoms with E-state index in [1.807, 2.05) is 31.3 Å². The zero-order chi connectivity index (χ0) is 27.0. The molecule has 202 valence electrons. The lowest BCUT2D eigenvalue weighted by Gasteiger charge is -2.56. The van der Waals surface area contributed by atoms with E-state index in [1.54, 1.807) is 18.3 Å². The van der Waals surface area contributed by atoms with Crippen LogP contribution in [0.15, 0.2) is 72.6 Å². The third kappa shape index (κ3) is 5.34. The lowest BCUT2D eigenvalue weighted by Crippen LogP contribution is -2.58. The highest BCUT2D eigenvalue weighted by molar-refractivity contribution is 5.95. The molecule has 0 radical (unpaired) electrons. The number of benzene rings is 2. The Morgan fingerprint density at radius 1 is 0.974 bits per heavy atom. The van der Waals surface area contributed by atoms with Crippen molar-refractivity contribution in [3.63, 3.8) is 0 Å². The molecule has 1 aromatic heterocycles. The minimum absolute atomic E-state index is 0.129. The Morgan fingerprint density at radius 3 is 2.26 bits per heavy atom. The van der Waals surface area contributed by atoms with E-state index in [4.69, 9.17) is 0 Å². The van der Waals surface area contributed by atoms with Gasteiger partial charge in [0.15, 0.2) is 0 Å². The first kappa shape index (κ1) is 25.7. The number of hydrogen-bond donors (Lipinski definition) is 2. The number of carbonyl (C=O) groups is 1. The summed E-state index contributed by atoms with van der Waals surface area (Å²) in [7, 11) is 2.17. The number of carbonyl (C=O) groups excluding carboxylic acids is 1. The largest absolute Gasteiger partial charge is 0.368 e. The van der Waals surface area contributed by atoms with Gasteiger partial charge >= 0.3 is 0 Å². The van der Waals surface area contributed by atoms with E-state index in [1.165, 1.54) is 11.1 Å². The van der Waals surface area contributed by atoms with E-state index in [0.717, 1.165) is 74.5 Å². The van der Waals surface area contributed by atoms with E-state index in [-0.39, 0.29) is 17.8 Å². The van der Waals surface area contributed by atoms with E-state index in [0.29, 0.717) is 11.0 Å². The molecule has 6 nitrogen and oxygen atoms in total. The Balaban J connectivity index is 1.18. The van der Waals surface area contributed by atoms with Crippen LogP contribution in [-0.2, 0) is 0 Å². The number of pyridine rings is 1. The van der Waals surface area contributed by atoms with Crippen LogP contribution >= 0.6 is 0 Å². The zero-order valence-electron chi connectivity index (χ0n) is 22.7. The average molecular weight is 526 g/mol. The molecule has 6 rings (SSSR count). The van der Waals surface area contributed by atoms with Crippen molar-refractivity contribution < 1.29 is 9.18 Å². The van der Waals surface area contributed by atoms with Gasteiger partial charge in [0.05, 0.1) is 23.5 Å². The first-order valence-corrected chi connectivity index (χ1v) is 13.9. The molecule has 2 N–H and O–H groups in total. The van der Waals surface area contributed by atoms with Crippen LogP contribution in [0.4, 0.5) is 10.1 Å². The first-order chi connectivity index (χ1) is 18.9. The molecule has 39 heavy (non-hydrogen) atoms. The molecule has 1 atom stereocenters. The SMILES string of the molecule is C[C@@H](NC(=O)c1cncc(N2CCNCC2)c1)c1ccc(C(=C2CC3(C2)CN(C)C3)c2ccc(F)cc2)cc1. The molecule has 3 aromatic rings. The van der Waals surface area contributed by atoms with Crippen molar-refractivity contribution in [2.45, 2.75) is 25.8 Å². The van der Waals surface area contributed by atoms with Crippen LogP contribution in [-0.4, -0.2) is 62.1 Å². The van der Waals surface area contributed by atoms with Crippen molar-refractivity contribution in [3.05, 3.63) is 101 Å². The smallest absolute Gasteiger partial charge is 0.253 e. The molecule has 3 aliphatic rings. The van der Waals surface area contributed by atoms with Crippen molar-refractivity contribution in [2.24, 2.45) is 5.41 Å². The number of likely N-dealkylation sites (tertiary alicyclic amines) is 1. The van der Waals surface area contributed by atoms with Gasteiger partial charge < -0.3 is 20.4 Å². The maximum absolute atomic E-state index is 13.7. The number of aromatic nitrogens is 1. The monoisotopic (exact) mass is 525 g/mol. The number of allylic oxidation sites excluding steroid dienone is 1. The number of anilines is 1. The van der Waals surface area contributed by atoms with Crippen LogP contribution in [0.5, 0.6) is 0 Å². The van der Waals surface area contributed by atoms with Gasteiger partial charge in [-0.25, -0.2) is 4.39 Å². The molecule has 1 amide bonds. The van der Waals surface area contributed by atoms with Crippen molar-refractivity contribution in [1.29, 1.82) is 0 Å². The van der Waals surface area contributed by atoms with E-state index < -0.39 is 0 Å². The number of hydrogen-bond acceptors (Lipinski definition) is 5. The zero-order valence-corrected chi connectivity index (χ0v) is 22.7. The molecule has 2 aromatic carbocycles. The van der Waals surface area contributed by atoms with E-state index in [2.05, 4.69) is 56.7 Å². The second-order valence-electron chi connectivity index (χ2n) is 11.5.